The first-order valence-electron chi connectivity index (χ1n) is 17.1. The average molecular weight is 720 g/mol. The van der Waals surface area contributed by atoms with Crippen molar-refractivity contribution < 1.29 is 52.0 Å². The van der Waals surface area contributed by atoms with Crippen molar-refractivity contribution in [2.45, 2.75) is 88.7 Å². The van der Waals surface area contributed by atoms with Gasteiger partial charge in [0.2, 0.25) is 22.7 Å². The van der Waals surface area contributed by atoms with Crippen LogP contribution in [-0.4, -0.2) is 104 Å². The first-order valence-corrected chi connectivity index (χ1v) is 18.6. The van der Waals surface area contributed by atoms with Gasteiger partial charge in [-0.2, -0.15) is 4.31 Å². The number of alkyl carbamates (subject to hydrolysis) is 1. The van der Waals surface area contributed by atoms with Gasteiger partial charge in [0.25, 0.3) is 0 Å². The third kappa shape index (κ3) is 9.86. The SMILES string of the molecule is CC(=O)N(O)CCCCCC(C)(C)CN(C[C@@H](O)[C@H](Cc1ccccc1)NC(=O)O[C@H]1CO[C@H]2OCC[C@H]21)S(=O)(=O)c1ccc2c(c1)OCO2. The van der Waals surface area contributed by atoms with Gasteiger partial charge >= 0.3 is 6.09 Å². The van der Waals surface area contributed by atoms with Crippen LogP contribution in [0.3, 0.4) is 0 Å². The zero-order valence-electron chi connectivity index (χ0n) is 28.9. The fourth-order valence-electron chi connectivity index (χ4n) is 6.55. The van der Waals surface area contributed by atoms with Gasteiger partial charge in [-0.25, -0.2) is 18.3 Å². The molecule has 2 aromatic rings. The molecule has 3 aliphatic heterocycles. The van der Waals surface area contributed by atoms with Gasteiger partial charge in [0.05, 0.1) is 36.2 Å². The summed E-state index contributed by atoms with van der Waals surface area (Å²) in [5, 5.41) is 25.0. The molecular formula is C35H49N3O11S. The third-order valence-corrected chi connectivity index (χ3v) is 11.2. The fraction of sp³-hybridized carbons (Fsp3) is 0.600. The summed E-state index contributed by atoms with van der Waals surface area (Å²) in [5.41, 5.74) is 0.300. The number of benzene rings is 2. The van der Waals surface area contributed by atoms with E-state index in [1.54, 1.807) is 6.07 Å². The minimum Gasteiger partial charge on any atom is -0.454 e. The number of carbonyl (C=O) groups excluding carboxylic acids is 2. The molecule has 0 bridgehead atoms. The Balaban J connectivity index is 1.33. The maximum absolute atomic E-state index is 14.3. The smallest absolute Gasteiger partial charge is 0.407 e. The lowest BCUT2D eigenvalue weighted by Gasteiger charge is -2.35. The standard InChI is InChI=1S/C35H49N3O11S/c1-24(39)38(42)16-9-5-8-15-35(2,3)22-37(50(43,44)26-12-13-30-31(19-26)48-23-47-30)20-29(40)28(18-25-10-6-4-7-11-25)36-34(41)49-32-21-46-33-27(32)14-17-45-33/h4,6-7,10-13,19,27-29,32-33,40,42H,5,8-9,14-18,20-23H2,1-3H3,(H,36,41)/t27-,28-,29+,32-,33+/m0/s1. The Morgan fingerprint density at radius 2 is 1.82 bits per heavy atom. The van der Waals surface area contributed by atoms with Crippen LogP contribution in [0.15, 0.2) is 53.4 Å². The maximum Gasteiger partial charge on any atom is 0.407 e. The van der Waals surface area contributed by atoms with Crippen molar-refractivity contribution in [1.82, 2.24) is 14.7 Å². The number of aliphatic hydroxyl groups is 1. The molecular weight excluding hydrogens is 670 g/mol. The van der Waals surface area contributed by atoms with Crippen LogP contribution in [0.1, 0.15) is 58.4 Å². The molecule has 0 radical (unpaired) electrons. The molecule has 5 atom stereocenters. The average Bonchev–Trinajstić information content (AvgIpc) is 3.83. The van der Waals surface area contributed by atoms with E-state index < -0.39 is 52.0 Å². The van der Waals surface area contributed by atoms with Crippen molar-refractivity contribution >= 4 is 22.0 Å². The summed E-state index contributed by atoms with van der Waals surface area (Å²) >= 11 is 0. The van der Waals surface area contributed by atoms with Crippen LogP contribution in [0.5, 0.6) is 11.5 Å². The minimum atomic E-state index is -4.18. The molecule has 276 valence electrons. The molecule has 0 unspecified atom stereocenters. The van der Waals surface area contributed by atoms with Gasteiger partial charge in [-0.3, -0.25) is 10.0 Å². The molecule has 3 aliphatic rings. The van der Waals surface area contributed by atoms with Crippen molar-refractivity contribution in [3.63, 3.8) is 0 Å². The molecule has 50 heavy (non-hydrogen) atoms. The number of ether oxygens (including phenoxy) is 5. The van der Waals surface area contributed by atoms with E-state index in [-0.39, 0.29) is 50.3 Å². The van der Waals surface area contributed by atoms with Gasteiger partial charge in [0, 0.05) is 32.6 Å². The van der Waals surface area contributed by atoms with E-state index in [0.29, 0.717) is 42.4 Å². The monoisotopic (exact) mass is 719 g/mol. The van der Waals surface area contributed by atoms with E-state index in [1.807, 2.05) is 44.2 Å². The lowest BCUT2D eigenvalue weighted by molar-refractivity contribution is -0.162. The highest BCUT2D eigenvalue weighted by Gasteiger charge is 2.44. The Hall–Kier alpha value is -3.47. The Bertz CT molecular complexity index is 1560. The summed E-state index contributed by atoms with van der Waals surface area (Å²) in [6, 6.07) is 12.8. The number of unbranched alkanes of at least 4 members (excludes halogenated alkanes) is 2. The van der Waals surface area contributed by atoms with Gasteiger partial charge in [-0.15, -0.1) is 0 Å². The van der Waals surface area contributed by atoms with Crippen molar-refractivity contribution in [2.24, 2.45) is 11.3 Å². The molecule has 0 spiro atoms. The number of nitrogens with one attached hydrogen (secondary N) is 1. The van der Waals surface area contributed by atoms with Gasteiger partial charge < -0.3 is 34.1 Å². The highest BCUT2D eigenvalue weighted by molar-refractivity contribution is 7.89. The molecule has 3 heterocycles. The van der Waals surface area contributed by atoms with Crippen molar-refractivity contribution in [1.29, 1.82) is 0 Å². The predicted octanol–water partition coefficient (Wildman–Crippen LogP) is 3.69. The molecule has 0 aromatic heterocycles. The number of rotatable bonds is 17. The van der Waals surface area contributed by atoms with Gasteiger partial charge in [0.15, 0.2) is 17.8 Å². The summed E-state index contributed by atoms with van der Waals surface area (Å²) in [6.07, 6.45) is 0.636. The Morgan fingerprint density at radius 1 is 1.06 bits per heavy atom. The molecule has 14 nitrogen and oxygen atoms in total. The number of carbonyl (C=O) groups is 2. The number of amides is 2. The second-order valence-electron chi connectivity index (χ2n) is 13.9. The topological polar surface area (TPSA) is 173 Å². The summed E-state index contributed by atoms with van der Waals surface area (Å²) in [7, 11) is -4.18. The first kappa shape index (κ1) is 37.8. The minimum absolute atomic E-state index is 0.0148. The Labute approximate surface area is 293 Å². The van der Waals surface area contributed by atoms with E-state index in [1.165, 1.54) is 23.4 Å². The second kappa shape index (κ2) is 16.7. The van der Waals surface area contributed by atoms with Crippen LogP contribution < -0.4 is 14.8 Å². The van der Waals surface area contributed by atoms with E-state index in [4.69, 9.17) is 23.7 Å². The number of hydrogen-bond donors (Lipinski definition) is 3. The van der Waals surface area contributed by atoms with Crippen LogP contribution >= 0.6 is 0 Å². The van der Waals surface area contributed by atoms with E-state index in [0.717, 1.165) is 18.4 Å². The summed E-state index contributed by atoms with van der Waals surface area (Å²) in [6.45, 7) is 5.88. The normalized spacial score (nSPS) is 21.1. The highest BCUT2D eigenvalue weighted by atomic mass is 32.2. The largest absolute Gasteiger partial charge is 0.454 e. The van der Waals surface area contributed by atoms with Gasteiger partial charge in [-0.05, 0) is 48.8 Å². The number of hydroxylamine groups is 2. The summed E-state index contributed by atoms with van der Waals surface area (Å²) in [4.78, 5) is 24.5. The zero-order chi connectivity index (χ0) is 35.9. The molecule has 2 amide bonds. The van der Waals surface area contributed by atoms with Crippen LogP contribution in [0, 0.1) is 11.3 Å². The molecule has 0 aliphatic carbocycles. The third-order valence-electron chi connectivity index (χ3n) is 9.37. The summed E-state index contributed by atoms with van der Waals surface area (Å²) in [5.74, 6) is 0.257. The second-order valence-corrected chi connectivity index (χ2v) is 15.8. The highest BCUT2D eigenvalue weighted by Crippen LogP contribution is 2.36. The van der Waals surface area contributed by atoms with Crippen LogP contribution in [0.25, 0.3) is 0 Å². The molecule has 15 heteroatoms. The van der Waals surface area contributed by atoms with Crippen molar-refractivity contribution in [3.05, 3.63) is 54.1 Å². The van der Waals surface area contributed by atoms with Crippen molar-refractivity contribution in [2.75, 3.05) is 39.6 Å². The van der Waals surface area contributed by atoms with Crippen LogP contribution in [-0.2, 0) is 35.4 Å². The van der Waals surface area contributed by atoms with E-state index in [2.05, 4.69) is 5.32 Å². The molecule has 2 saturated heterocycles. The molecule has 2 fully saturated rings. The van der Waals surface area contributed by atoms with E-state index in [9.17, 15) is 28.3 Å². The molecule has 5 rings (SSSR count). The fourth-order valence-corrected chi connectivity index (χ4v) is 8.21. The molecule has 0 saturated carbocycles. The lowest BCUT2D eigenvalue weighted by atomic mass is 9.86. The van der Waals surface area contributed by atoms with Crippen LogP contribution in [0.4, 0.5) is 4.79 Å². The molecule has 2 aromatic carbocycles. The number of hydrogen-bond acceptors (Lipinski definition) is 11. The van der Waals surface area contributed by atoms with Crippen LogP contribution in [0.2, 0.25) is 0 Å². The van der Waals surface area contributed by atoms with Gasteiger partial charge in [-0.1, -0.05) is 57.0 Å². The van der Waals surface area contributed by atoms with Gasteiger partial charge in [0.1, 0.15) is 6.10 Å². The molecule has 3 N–H and O–H groups in total. The lowest BCUT2D eigenvalue weighted by Crippen LogP contribution is -2.52. The van der Waals surface area contributed by atoms with E-state index >= 15 is 0 Å². The zero-order valence-corrected chi connectivity index (χ0v) is 29.7. The quantitative estimate of drug-likeness (QED) is 0.124. The number of nitrogens with zero attached hydrogens (tertiary/aromatic N) is 2. The number of sulfonamides is 1. The Morgan fingerprint density at radius 3 is 2.58 bits per heavy atom. The first-order chi connectivity index (χ1) is 23.8. The predicted molar refractivity (Wildman–Crippen MR) is 180 cm³/mol. The number of aliphatic hydroxyl groups excluding tert-OH is 1. The number of fused-ring (bicyclic) bond motifs is 2. The summed E-state index contributed by atoms with van der Waals surface area (Å²) < 4.78 is 57.6. The Kier molecular flexibility index (Phi) is 12.6. The maximum atomic E-state index is 14.3. The van der Waals surface area contributed by atoms with Crippen molar-refractivity contribution in [3.8, 4) is 11.5 Å².